The van der Waals surface area contributed by atoms with Gasteiger partial charge in [-0.15, -0.1) is 11.3 Å². The molecular weight excluding hydrogens is 332 g/mol. The van der Waals surface area contributed by atoms with Crippen molar-refractivity contribution in [1.29, 1.82) is 0 Å². The lowest BCUT2D eigenvalue weighted by molar-refractivity contribution is 0.102. The van der Waals surface area contributed by atoms with Gasteiger partial charge in [0.2, 0.25) is 0 Å². The first kappa shape index (κ1) is 17.2. The number of rotatable bonds is 5. The van der Waals surface area contributed by atoms with E-state index in [4.69, 9.17) is 4.74 Å². The largest absolute Gasteiger partial charge is 0.497 e. The summed E-state index contributed by atoms with van der Waals surface area (Å²) >= 11 is 1.52. The van der Waals surface area contributed by atoms with Gasteiger partial charge in [-0.1, -0.05) is 29.8 Å². The lowest BCUT2D eigenvalue weighted by Crippen LogP contribution is -2.11. The summed E-state index contributed by atoms with van der Waals surface area (Å²) in [6.45, 7) is 3.97. The highest BCUT2D eigenvalue weighted by molar-refractivity contribution is 7.15. The summed E-state index contributed by atoms with van der Waals surface area (Å²) in [5, 5.41) is 3.52. The molecule has 0 bridgehead atoms. The Balaban J connectivity index is 1.71. The molecule has 4 nitrogen and oxygen atoms in total. The van der Waals surface area contributed by atoms with Crippen molar-refractivity contribution in [3.63, 3.8) is 0 Å². The van der Waals surface area contributed by atoms with Gasteiger partial charge in [-0.05, 0) is 43.7 Å². The maximum atomic E-state index is 12.3. The number of methoxy groups -OCH3 is 1. The Morgan fingerprint density at radius 3 is 2.40 bits per heavy atom. The summed E-state index contributed by atoms with van der Waals surface area (Å²) in [4.78, 5) is 17.9. The lowest BCUT2D eigenvalue weighted by atomic mass is 10.1. The normalized spacial score (nSPS) is 10.5. The van der Waals surface area contributed by atoms with Crippen LogP contribution in [0, 0.1) is 13.8 Å². The summed E-state index contributed by atoms with van der Waals surface area (Å²) in [5.74, 6) is 0.709. The quantitative estimate of drug-likeness (QED) is 0.729. The molecule has 0 atom stereocenters. The molecule has 0 radical (unpaired) electrons. The zero-order valence-corrected chi connectivity index (χ0v) is 15.3. The van der Waals surface area contributed by atoms with Crippen molar-refractivity contribution in [1.82, 2.24) is 4.98 Å². The van der Waals surface area contributed by atoms with E-state index >= 15 is 0 Å². The zero-order chi connectivity index (χ0) is 17.8. The predicted molar refractivity (Wildman–Crippen MR) is 102 cm³/mol. The van der Waals surface area contributed by atoms with Crippen LogP contribution < -0.4 is 10.1 Å². The Bertz CT molecular complexity index is 868. The van der Waals surface area contributed by atoms with Crippen LogP contribution >= 0.6 is 11.3 Å². The maximum absolute atomic E-state index is 12.3. The van der Waals surface area contributed by atoms with Gasteiger partial charge in [0.15, 0.2) is 5.13 Å². The fraction of sp³-hybridized carbons (Fsp3) is 0.200. The number of hydrogen-bond donors (Lipinski definition) is 1. The standard InChI is InChI=1S/C20H20N2O2S/c1-13-4-8-16(9-5-13)19(23)22-20-21-14(2)18(25-20)12-15-6-10-17(24-3)11-7-15/h4-11H,12H2,1-3H3,(H,21,22,23). The highest BCUT2D eigenvalue weighted by atomic mass is 32.1. The lowest BCUT2D eigenvalue weighted by Gasteiger charge is -2.03. The number of nitrogens with zero attached hydrogens (tertiary/aromatic N) is 1. The third-order valence-electron chi connectivity index (χ3n) is 3.95. The van der Waals surface area contributed by atoms with Crippen molar-refractivity contribution in [2.75, 3.05) is 12.4 Å². The second kappa shape index (κ2) is 7.49. The second-order valence-corrected chi connectivity index (χ2v) is 6.96. The molecule has 0 saturated carbocycles. The summed E-state index contributed by atoms with van der Waals surface area (Å²) in [7, 11) is 1.66. The molecule has 0 aliphatic rings. The fourth-order valence-corrected chi connectivity index (χ4v) is 3.44. The maximum Gasteiger partial charge on any atom is 0.257 e. The third kappa shape index (κ3) is 4.25. The third-order valence-corrected chi connectivity index (χ3v) is 5.02. The van der Waals surface area contributed by atoms with E-state index in [0.29, 0.717) is 10.7 Å². The van der Waals surface area contributed by atoms with Crippen molar-refractivity contribution in [2.45, 2.75) is 20.3 Å². The number of carbonyl (C=O) groups excluding carboxylic acids is 1. The molecule has 3 rings (SSSR count). The van der Waals surface area contributed by atoms with E-state index in [-0.39, 0.29) is 5.91 Å². The van der Waals surface area contributed by atoms with Crippen molar-refractivity contribution in [3.05, 3.63) is 75.8 Å². The van der Waals surface area contributed by atoms with Crippen molar-refractivity contribution < 1.29 is 9.53 Å². The van der Waals surface area contributed by atoms with Crippen LogP contribution in [-0.4, -0.2) is 18.0 Å². The van der Waals surface area contributed by atoms with Crippen LogP contribution in [0.3, 0.4) is 0 Å². The predicted octanol–water partition coefficient (Wildman–Crippen LogP) is 4.61. The highest BCUT2D eigenvalue weighted by Crippen LogP contribution is 2.26. The molecule has 0 aliphatic heterocycles. The molecule has 1 heterocycles. The first-order valence-electron chi connectivity index (χ1n) is 8.02. The number of aromatic nitrogens is 1. The molecule has 2 aromatic carbocycles. The molecule has 0 unspecified atom stereocenters. The van der Waals surface area contributed by atoms with Crippen molar-refractivity contribution in [2.24, 2.45) is 0 Å². The summed E-state index contributed by atoms with van der Waals surface area (Å²) in [5.41, 5.74) is 3.89. The molecule has 0 saturated heterocycles. The van der Waals surface area contributed by atoms with Crippen LogP contribution in [0.5, 0.6) is 5.75 Å². The topological polar surface area (TPSA) is 51.2 Å². The van der Waals surface area contributed by atoms with E-state index in [0.717, 1.165) is 28.3 Å². The molecule has 1 amide bonds. The number of benzene rings is 2. The van der Waals surface area contributed by atoms with E-state index in [9.17, 15) is 4.79 Å². The average molecular weight is 352 g/mol. The zero-order valence-electron chi connectivity index (χ0n) is 14.5. The van der Waals surface area contributed by atoms with Crippen LogP contribution in [0.4, 0.5) is 5.13 Å². The number of anilines is 1. The van der Waals surface area contributed by atoms with Gasteiger partial charge in [-0.25, -0.2) is 4.98 Å². The van der Waals surface area contributed by atoms with E-state index in [2.05, 4.69) is 10.3 Å². The second-order valence-electron chi connectivity index (χ2n) is 5.87. The van der Waals surface area contributed by atoms with Gasteiger partial charge in [0.05, 0.1) is 12.8 Å². The van der Waals surface area contributed by atoms with Gasteiger partial charge >= 0.3 is 0 Å². The fourth-order valence-electron chi connectivity index (χ4n) is 2.45. The number of amides is 1. The summed E-state index contributed by atoms with van der Waals surface area (Å²) in [6, 6.07) is 15.5. The minimum Gasteiger partial charge on any atom is -0.497 e. The van der Waals surface area contributed by atoms with Crippen molar-refractivity contribution in [3.8, 4) is 5.75 Å². The summed E-state index contributed by atoms with van der Waals surface area (Å²) < 4.78 is 5.18. The minimum absolute atomic E-state index is 0.134. The Morgan fingerprint density at radius 2 is 1.76 bits per heavy atom. The van der Waals surface area contributed by atoms with Gasteiger partial charge in [0.25, 0.3) is 5.91 Å². The molecule has 0 spiro atoms. The van der Waals surface area contributed by atoms with Crippen molar-refractivity contribution >= 4 is 22.4 Å². The number of carbonyl (C=O) groups is 1. The molecule has 3 aromatic rings. The van der Waals surface area contributed by atoms with Crippen LogP contribution in [0.2, 0.25) is 0 Å². The molecule has 25 heavy (non-hydrogen) atoms. The first-order valence-corrected chi connectivity index (χ1v) is 8.84. The molecule has 1 aromatic heterocycles. The Labute approximate surface area is 151 Å². The van der Waals surface area contributed by atoms with E-state index < -0.39 is 0 Å². The average Bonchev–Trinajstić information content (AvgIpc) is 2.95. The Kier molecular flexibility index (Phi) is 5.14. The van der Waals surface area contributed by atoms with Gasteiger partial charge in [0.1, 0.15) is 5.75 Å². The summed E-state index contributed by atoms with van der Waals surface area (Å²) in [6.07, 6.45) is 0.786. The van der Waals surface area contributed by atoms with Gasteiger partial charge < -0.3 is 4.74 Å². The van der Waals surface area contributed by atoms with E-state index in [1.165, 1.54) is 16.9 Å². The molecule has 0 aliphatic carbocycles. The first-order chi connectivity index (χ1) is 12.0. The number of aryl methyl sites for hydroxylation is 2. The Hall–Kier alpha value is -2.66. The van der Waals surface area contributed by atoms with Crippen LogP contribution in [0.15, 0.2) is 48.5 Å². The van der Waals surface area contributed by atoms with Crippen LogP contribution in [0.25, 0.3) is 0 Å². The number of thiazole rings is 1. The number of hydrogen-bond acceptors (Lipinski definition) is 4. The smallest absolute Gasteiger partial charge is 0.257 e. The van der Waals surface area contributed by atoms with Gasteiger partial charge in [-0.2, -0.15) is 0 Å². The highest BCUT2D eigenvalue weighted by Gasteiger charge is 2.12. The molecular formula is C20H20N2O2S. The molecule has 1 N–H and O–H groups in total. The number of ether oxygens (including phenoxy) is 1. The van der Waals surface area contributed by atoms with Gasteiger partial charge in [-0.3, -0.25) is 10.1 Å². The monoisotopic (exact) mass is 352 g/mol. The Morgan fingerprint density at radius 1 is 1.08 bits per heavy atom. The molecule has 128 valence electrons. The van der Waals surface area contributed by atoms with E-state index in [1.807, 2.05) is 62.4 Å². The van der Waals surface area contributed by atoms with E-state index in [1.54, 1.807) is 7.11 Å². The molecule has 5 heteroatoms. The minimum atomic E-state index is -0.134. The number of nitrogens with one attached hydrogen (secondary N) is 1. The van der Waals surface area contributed by atoms with Crippen LogP contribution in [-0.2, 0) is 6.42 Å². The van der Waals surface area contributed by atoms with Crippen LogP contribution in [0.1, 0.15) is 32.1 Å². The van der Waals surface area contributed by atoms with Gasteiger partial charge in [0, 0.05) is 16.9 Å². The molecule has 0 fully saturated rings. The SMILES string of the molecule is COc1ccc(Cc2sc(NC(=O)c3ccc(C)cc3)nc2C)cc1.